The third-order valence-electron chi connectivity index (χ3n) is 2.33. The van der Waals surface area contributed by atoms with E-state index in [1.807, 2.05) is 31.2 Å². The van der Waals surface area contributed by atoms with Crippen LogP contribution in [0.4, 0.5) is 16.4 Å². The number of carbonyl (C=O) groups is 1. The number of nitrogens with zero attached hydrogens (tertiary/aromatic N) is 1. The highest BCUT2D eigenvalue weighted by molar-refractivity contribution is 6.33. The quantitative estimate of drug-likeness (QED) is 0.872. The molecule has 1 aromatic heterocycles. The first-order valence-corrected chi connectivity index (χ1v) is 5.70. The molecule has 94 valence electrons. The van der Waals surface area contributed by atoms with Gasteiger partial charge in [-0.25, -0.2) is 4.79 Å². The van der Waals surface area contributed by atoms with Crippen LogP contribution in [-0.2, 0) is 0 Å². The number of aromatic nitrogens is 1. The maximum absolute atomic E-state index is 11.7. The molecule has 0 atom stereocenters. The van der Waals surface area contributed by atoms with Crippen molar-refractivity contribution in [1.82, 2.24) is 5.16 Å². The number of aryl methyl sites for hydroxylation is 2. The van der Waals surface area contributed by atoms with E-state index in [0.717, 1.165) is 5.56 Å². The van der Waals surface area contributed by atoms with Crippen LogP contribution in [0, 0.1) is 13.8 Å². The fourth-order valence-corrected chi connectivity index (χ4v) is 1.45. The second-order valence-corrected chi connectivity index (χ2v) is 4.23. The Morgan fingerprint density at radius 1 is 1.22 bits per heavy atom. The third-order valence-corrected chi connectivity index (χ3v) is 2.77. The van der Waals surface area contributed by atoms with Gasteiger partial charge in [-0.3, -0.25) is 5.32 Å². The summed E-state index contributed by atoms with van der Waals surface area (Å²) in [6.07, 6.45) is 0. The minimum absolute atomic E-state index is 0.138. The molecule has 6 heteroatoms. The van der Waals surface area contributed by atoms with Crippen LogP contribution >= 0.6 is 11.6 Å². The van der Waals surface area contributed by atoms with E-state index in [1.54, 1.807) is 6.92 Å². The van der Waals surface area contributed by atoms with Crippen molar-refractivity contribution in [2.45, 2.75) is 13.8 Å². The number of nitrogens with one attached hydrogen (secondary N) is 2. The Kier molecular flexibility index (Phi) is 3.53. The van der Waals surface area contributed by atoms with Crippen molar-refractivity contribution in [2.24, 2.45) is 0 Å². The first-order chi connectivity index (χ1) is 8.56. The Labute approximate surface area is 109 Å². The number of amides is 2. The van der Waals surface area contributed by atoms with E-state index in [9.17, 15) is 4.79 Å². The first kappa shape index (κ1) is 12.4. The Bertz CT molecular complexity index is 563. The lowest BCUT2D eigenvalue weighted by molar-refractivity contribution is 0.261. The summed E-state index contributed by atoms with van der Waals surface area (Å²) in [6, 6.07) is 6.99. The normalized spacial score (nSPS) is 10.2. The van der Waals surface area contributed by atoms with Gasteiger partial charge < -0.3 is 9.84 Å². The number of hydrogen-bond acceptors (Lipinski definition) is 3. The van der Waals surface area contributed by atoms with E-state index in [-0.39, 0.29) is 5.88 Å². The molecule has 18 heavy (non-hydrogen) atoms. The second-order valence-electron chi connectivity index (χ2n) is 3.86. The van der Waals surface area contributed by atoms with Gasteiger partial charge in [0.1, 0.15) is 10.7 Å². The highest BCUT2D eigenvalue weighted by Crippen LogP contribution is 2.24. The van der Waals surface area contributed by atoms with Gasteiger partial charge in [-0.1, -0.05) is 34.5 Å². The molecule has 5 nitrogen and oxygen atoms in total. The van der Waals surface area contributed by atoms with Crippen molar-refractivity contribution in [3.8, 4) is 0 Å². The van der Waals surface area contributed by atoms with Crippen molar-refractivity contribution in [1.29, 1.82) is 0 Å². The third kappa shape index (κ3) is 2.81. The van der Waals surface area contributed by atoms with Crippen LogP contribution in [0.2, 0.25) is 5.02 Å². The van der Waals surface area contributed by atoms with Crippen LogP contribution in [0.25, 0.3) is 0 Å². The second kappa shape index (κ2) is 5.10. The zero-order chi connectivity index (χ0) is 13.1. The molecule has 2 amide bonds. The SMILES string of the molecule is Cc1ccc(NC(=O)Nc2onc(C)c2Cl)cc1. The van der Waals surface area contributed by atoms with Crippen molar-refractivity contribution in [3.63, 3.8) is 0 Å². The van der Waals surface area contributed by atoms with Gasteiger partial charge in [0.05, 0.1) is 0 Å². The highest BCUT2D eigenvalue weighted by atomic mass is 35.5. The lowest BCUT2D eigenvalue weighted by Gasteiger charge is -2.05. The molecule has 1 aromatic carbocycles. The molecule has 0 bridgehead atoms. The summed E-state index contributed by atoms with van der Waals surface area (Å²) in [5.41, 5.74) is 2.34. The standard InChI is InChI=1S/C12H12ClN3O2/c1-7-3-5-9(6-4-7)14-12(17)15-11-10(13)8(2)16-18-11/h3-6H,1-2H3,(H2,14,15,17). The molecule has 0 aliphatic carbocycles. The Balaban J connectivity index is 2.01. The number of benzene rings is 1. The van der Waals surface area contributed by atoms with Gasteiger partial charge in [-0.05, 0) is 26.0 Å². The summed E-state index contributed by atoms with van der Waals surface area (Å²) in [7, 11) is 0. The van der Waals surface area contributed by atoms with Gasteiger partial charge in [0.25, 0.3) is 5.88 Å². The van der Waals surface area contributed by atoms with Crippen LogP contribution in [0.15, 0.2) is 28.8 Å². The molecule has 1 heterocycles. The lowest BCUT2D eigenvalue weighted by Crippen LogP contribution is -2.19. The number of urea groups is 1. The number of halogens is 1. The van der Waals surface area contributed by atoms with Gasteiger partial charge in [-0.2, -0.15) is 0 Å². The molecular formula is C12H12ClN3O2. The average molecular weight is 266 g/mol. The van der Waals surface area contributed by atoms with Gasteiger partial charge >= 0.3 is 6.03 Å². The van der Waals surface area contributed by atoms with E-state index in [0.29, 0.717) is 16.4 Å². The molecule has 2 rings (SSSR count). The fraction of sp³-hybridized carbons (Fsp3) is 0.167. The van der Waals surface area contributed by atoms with Gasteiger partial charge in [-0.15, -0.1) is 0 Å². The molecule has 2 N–H and O–H groups in total. The smallest absolute Gasteiger partial charge is 0.326 e. The predicted octanol–water partition coefficient (Wildman–Crippen LogP) is 3.59. The largest absolute Gasteiger partial charge is 0.336 e. The zero-order valence-electron chi connectivity index (χ0n) is 9.95. The number of anilines is 2. The monoisotopic (exact) mass is 265 g/mol. The molecule has 0 saturated carbocycles. The number of carbonyl (C=O) groups excluding carboxylic acids is 1. The molecule has 2 aromatic rings. The minimum Gasteiger partial charge on any atom is -0.336 e. The fourth-order valence-electron chi connectivity index (χ4n) is 1.34. The van der Waals surface area contributed by atoms with Crippen LogP contribution in [0.3, 0.4) is 0 Å². The summed E-state index contributed by atoms with van der Waals surface area (Å²) < 4.78 is 4.87. The van der Waals surface area contributed by atoms with Crippen LogP contribution < -0.4 is 10.6 Å². The van der Waals surface area contributed by atoms with Crippen molar-refractivity contribution in [3.05, 3.63) is 40.5 Å². The zero-order valence-corrected chi connectivity index (χ0v) is 10.7. The van der Waals surface area contributed by atoms with Crippen molar-refractivity contribution < 1.29 is 9.32 Å². The maximum atomic E-state index is 11.7. The van der Waals surface area contributed by atoms with Gasteiger partial charge in [0.2, 0.25) is 0 Å². The molecule has 0 fully saturated rings. The summed E-state index contributed by atoms with van der Waals surface area (Å²) >= 11 is 5.88. The van der Waals surface area contributed by atoms with E-state index in [2.05, 4.69) is 15.8 Å². The highest BCUT2D eigenvalue weighted by Gasteiger charge is 2.13. The average Bonchev–Trinajstić information content (AvgIpc) is 2.64. The topological polar surface area (TPSA) is 67.2 Å². The van der Waals surface area contributed by atoms with E-state index < -0.39 is 6.03 Å². The van der Waals surface area contributed by atoms with Crippen molar-refractivity contribution >= 4 is 29.2 Å². The Hall–Kier alpha value is -2.01. The van der Waals surface area contributed by atoms with Gasteiger partial charge in [0, 0.05) is 5.69 Å². The van der Waals surface area contributed by atoms with Gasteiger partial charge in [0.15, 0.2) is 0 Å². The number of hydrogen-bond donors (Lipinski definition) is 2. The van der Waals surface area contributed by atoms with E-state index >= 15 is 0 Å². The summed E-state index contributed by atoms with van der Waals surface area (Å²) in [5, 5.41) is 9.08. The van der Waals surface area contributed by atoms with Crippen LogP contribution in [-0.4, -0.2) is 11.2 Å². The van der Waals surface area contributed by atoms with Crippen LogP contribution in [0.1, 0.15) is 11.3 Å². The van der Waals surface area contributed by atoms with Crippen LogP contribution in [0.5, 0.6) is 0 Å². The molecule has 0 aliphatic heterocycles. The lowest BCUT2D eigenvalue weighted by atomic mass is 10.2. The van der Waals surface area contributed by atoms with E-state index in [1.165, 1.54) is 0 Å². The summed E-state index contributed by atoms with van der Waals surface area (Å²) in [5.74, 6) is 0.138. The molecule has 0 unspecified atom stereocenters. The molecule has 0 aliphatic rings. The maximum Gasteiger partial charge on any atom is 0.326 e. The first-order valence-electron chi connectivity index (χ1n) is 5.32. The molecular weight excluding hydrogens is 254 g/mol. The molecule has 0 spiro atoms. The van der Waals surface area contributed by atoms with E-state index in [4.69, 9.17) is 16.1 Å². The summed E-state index contributed by atoms with van der Waals surface area (Å²) in [4.78, 5) is 11.7. The molecule has 0 saturated heterocycles. The Morgan fingerprint density at radius 2 is 1.89 bits per heavy atom. The minimum atomic E-state index is -0.433. The summed E-state index contributed by atoms with van der Waals surface area (Å²) in [6.45, 7) is 3.66. The predicted molar refractivity (Wildman–Crippen MR) is 70.1 cm³/mol. The van der Waals surface area contributed by atoms with Crippen molar-refractivity contribution in [2.75, 3.05) is 10.6 Å². The Morgan fingerprint density at radius 3 is 2.44 bits per heavy atom. The number of rotatable bonds is 2. The molecule has 0 radical (unpaired) electrons.